The first-order valence-electron chi connectivity index (χ1n) is 8.19. The van der Waals surface area contributed by atoms with Crippen molar-refractivity contribution in [2.45, 2.75) is 12.5 Å². The van der Waals surface area contributed by atoms with Crippen LogP contribution in [0.4, 0.5) is 5.69 Å². The van der Waals surface area contributed by atoms with E-state index in [4.69, 9.17) is 5.73 Å². The van der Waals surface area contributed by atoms with Crippen LogP contribution in [0.3, 0.4) is 0 Å². The summed E-state index contributed by atoms with van der Waals surface area (Å²) in [4.78, 5) is 28.4. The van der Waals surface area contributed by atoms with Gasteiger partial charge in [0.05, 0.1) is 11.1 Å². The van der Waals surface area contributed by atoms with Crippen molar-refractivity contribution in [3.8, 4) is 0 Å². The average molecular weight is 321 g/mol. The summed E-state index contributed by atoms with van der Waals surface area (Å²) in [7, 11) is 0. The maximum absolute atomic E-state index is 12.5. The number of amides is 2. The zero-order valence-electron chi connectivity index (χ0n) is 13.3. The van der Waals surface area contributed by atoms with Crippen molar-refractivity contribution in [2.75, 3.05) is 24.5 Å². The molecule has 0 spiro atoms. The highest BCUT2D eigenvalue weighted by atomic mass is 16.2. The molecule has 2 aromatic carbocycles. The van der Waals surface area contributed by atoms with Crippen LogP contribution >= 0.6 is 0 Å². The number of carbonyl (C=O) groups excluding carboxylic acids is 2. The van der Waals surface area contributed by atoms with E-state index < -0.39 is 0 Å². The number of nitrogens with two attached hydrogens (primary N) is 1. The summed E-state index contributed by atoms with van der Waals surface area (Å²) in [5.74, 6) is -0.407. The Morgan fingerprint density at radius 2 is 1.54 bits per heavy atom. The Morgan fingerprint density at radius 1 is 0.917 bits per heavy atom. The zero-order valence-corrected chi connectivity index (χ0v) is 13.3. The minimum absolute atomic E-state index is 0.0714. The number of para-hydroxylation sites is 1. The van der Waals surface area contributed by atoms with Crippen LogP contribution in [0.5, 0.6) is 0 Å². The Labute approximate surface area is 140 Å². The molecule has 4 rings (SSSR count). The molecule has 5 heteroatoms. The molecule has 2 aromatic rings. The first kappa shape index (κ1) is 14.9. The number of imide groups is 1. The molecule has 2 amide bonds. The van der Waals surface area contributed by atoms with Crippen LogP contribution in [0.15, 0.2) is 48.5 Å². The predicted octanol–water partition coefficient (Wildman–Crippen LogP) is 1.67. The molecule has 5 nitrogen and oxygen atoms in total. The second-order valence-corrected chi connectivity index (χ2v) is 6.35. The van der Waals surface area contributed by atoms with E-state index in [1.54, 1.807) is 24.3 Å². The third-order valence-electron chi connectivity index (χ3n) is 4.74. The van der Waals surface area contributed by atoms with Gasteiger partial charge in [0.1, 0.15) is 0 Å². The molecule has 2 aliphatic rings. The molecule has 0 saturated carbocycles. The van der Waals surface area contributed by atoms with Gasteiger partial charge in [-0.1, -0.05) is 30.3 Å². The fraction of sp³-hybridized carbons (Fsp3) is 0.263. The third kappa shape index (κ3) is 2.37. The first-order valence-corrected chi connectivity index (χ1v) is 8.19. The zero-order chi connectivity index (χ0) is 16.7. The Bertz CT molecular complexity index is 783. The van der Waals surface area contributed by atoms with Crippen molar-refractivity contribution in [2.24, 2.45) is 5.73 Å². The molecule has 2 N–H and O–H groups in total. The minimum Gasteiger partial charge on any atom is -0.368 e. The van der Waals surface area contributed by atoms with Crippen LogP contribution in [-0.4, -0.2) is 42.4 Å². The van der Waals surface area contributed by atoms with Crippen molar-refractivity contribution in [3.63, 3.8) is 0 Å². The fourth-order valence-corrected chi connectivity index (χ4v) is 3.60. The maximum atomic E-state index is 12.5. The van der Waals surface area contributed by atoms with Crippen molar-refractivity contribution in [3.05, 3.63) is 65.2 Å². The lowest BCUT2D eigenvalue weighted by atomic mass is 9.98. The quantitative estimate of drug-likeness (QED) is 0.874. The van der Waals surface area contributed by atoms with Crippen LogP contribution in [0.25, 0.3) is 0 Å². The summed E-state index contributed by atoms with van der Waals surface area (Å²) in [6.07, 6.45) is 0.861. The van der Waals surface area contributed by atoms with Gasteiger partial charge in [0, 0.05) is 31.4 Å². The van der Waals surface area contributed by atoms with E-state index in [9.17, 15) is 9.59 Å². The van der Waals surface area contributed by atoms with Crippen LogP contribution in [0, 0.1) is 0 Å². The monoisotopic (exact) mass is 321 g/mol. The molecule has 1 atom stereocenters. The molecule has 122 valence electrons. The number of rotatable bonds is 3. The molecule has 24 heavy (non-hydrogen) atoms. The molecule has 0 radical (unpaired) electrons. The molecular formula is C19H19N3O2. The van der Waals surface area contributed by atoms with E-state index in [2.05, 4.69) is 17.0 Å². The van der Waals surface area contributed by atoms with Crippen molar-refractivity contribution < 1.29 is 9.59 Å². The summed E-state index contributed by atoms with van der Waals surface area (Å²) < 4.78 is 0. The van der Waals surface area contributed by atoms with Gasteiger partial charge in [0.15, 0.2) is 0 Å². The fourth-order valence-electron chi connectivity index (χ4n) is 3.60. The second-order valence-electron chi connectivity index (χ2n) is 6.35. The molecule has 1 unspecified atom stereocenters. The molecule has 0 saturated heterocycles. The van der Waals surface area contributed by atoms with E-state index in [0.717, 1.165) is 18.7 Å². The lowest BCUT2D eigenvalue weighted by molar-refractivity contribution is 0.0658. The normalized spacial score (nSPS) is 19.5. The van der Waals surface area contributed by atoms with E-state index in [0.29, 0.717) is 24.2 Å². The number of fused-ring (bicyclic) bond motifs is 2. The molecule has 0 bridgehead atoms. The maximum Gasteiger partial charge on any atom is 0.261 e. The lowest BCUT2D eigenvalue weighted by Gasteiger charge is -2.35. The first-order chi connectivity index (χ1) is 11.6. The molecule has 0 aromatic heterocycles. The molecular weight excluding hydrogens is 302 g/mol. The van der Waals surface area contributed by atoms with E-state index in [-0.39, 0.29) is 17.9 Å². The number of benzene rings is 2. The van der Waals surface area contributed by atoms with Gasteiger partial charge in [0.2, 0.25) is 0 Å². The minimum atomic E-state index is -0.204. The van der Waals surface area contributed by atoms with Gasteiger partial charge in [-0.25, -0.2) is 0 Å². The van der Waals surface area contributed by atoms with Crippen molar-refractivity contribution in [1.29, 1.82) is 0 Å². The third-order valence-corrected chi connectivity index (χ3v) is 4.74. The molecule has 2 aliphatic heterocycles. The summed E-state index contributed by atoms with van der Waals surface area (Å²) in [5, 5.41) is 0. The Kier molecular flexibility index (Phi) is 3.58. The van der Waals surface area contributed by atoms with Gasteiger partial charge in [-0.15, -0.1) is 0 Å². The Hall–Kier alpha value is -2.66. The van der Waals surface area contributed by atoms with Gasteiger partial charge >= 0.3 is 0 Å². The van der Waals surface area contributed by atoms with Crippen molar-refractivity contribution >= 4 is 17.5 Å². The predicted molar refractivity (Wildman–Crippen MR) is 92.1 cm³/mol. The number of hydrogen-bond acceptors (Lipinski definition) is 4. The van der Waals surface area contributed by atoms with Crippen molar-refractivity contribution in [1.82, 2.24) is 4.90 Å². The average Bonchev–Trinajstić information content (AvgIpc) is 2.84. The van der Waals surface area contributed by atoms with E-state index in [1.165, 1.54) is 10.5 Å². The molecule has 0 fully saturated rings. The second kappa shape index (κ2) is 5.76. The summed E-state index contributed by atoms with van der Waals surface area (Å²) in [6, 6.07) is 15.2. The number of anilines is 1. The smallest absolute Gasteiger partial charge is 0.261 e. The molecule has 2 heterocycles. The molecule has 0 aliphatic carbocycles. The number of carbonyl (C=O) groups is 2. The van der Waals surface area contributed by atoms with Crippen LogP contribution in [0.2, 0.25) is 0 Å². The van der Waals surface area contributed by atoms with Crippen LogP contribution in [0.1, 0.15) is 26.3 Å². The number of hydrogen-bond donors (Lipinski definition) is 1. The Morgan fingerprint density at radius 3 is 2.25 bits per heavy atom. The van der Waals surface area contributed by atoms with Crippen LogP contribution in [-0.2, 0) is 6.42 Å². The highest BCUT2D eigenvalue weighted by Crippen LogP contribution is 2.27. The summed E-state index contributed by atoms with van der Waals surface area (Å²) in [5.41, 5.74) is 9.52. The van der Waals surface area contributed by atoms with Gasteiger partial charge in [-0.05, 0) is 30.2 Å². The van der Waals surface area contributed by atoms with Gasteiger partial charge in [-0.2, -0.15) is 0 Å². The highest BCUT2D eigenvalue weighted by Gasteiger charge is 2.35. The lowest BCUT2D eigenvalue weighted by Crippen LogP contribution is -2.46. The SMILES string of the molecule is NC1Cc2ccccc2N(CCN2C(=O)c3ccccc3C2=O)C1. The van der Waals surface area contributed by atoms with Gasteiger partial charge in [0.25, 0.3) is 11.8 Å². The van der Waals surface area contributed by atoms with Gasteiger partial charge in [-0.3, -0.25) is 14.5 Å². The largest absolute Gasteiger partial charge is 0.368 e. The number of nitrogens with zero attached hydrogens (tertiary/aromatic N) is 2. The Balaban J connectivity index is 1.52. The standard InChI is InChI=1S/C19H19N3O2/c20-14-11-13-5-1-4-8-17(13)21(12-14)9-10-22-18(23)15-6-2-3-7-16(15)19(22)24/h1-8,14H,9-12,20H2. The van der Waals surface area contributed by atoms with Gasteiger partial charge < -0.3 is 10.6 Å². The van der Waals surface area contributed by atoms with E-state index in [1.807, 2.05) is 12.1 Å². The topological polar surface area (TPSA) is 66.6 Å². The summed E-state index contributed by atoms with van der Waals surface area (Å²) in [6.45, 7) is 1.70. The highest BCUT2D eigenvalue weighted by molar-refractivity contribution is 6.21. The van der Waals surface area contributed by atoms with Crippen LogP contribution < -0.4 is 10.6 Å². The van der Waals surface area contributed by atoms with E-state index >= 15 is 0 Å². The summed E-state index contributed by atoms with van der Waals surface area (Å²) >= 11 is 0.